The van der Waals surface area contributed by atoms with Crippen molar-refractivity contribution < 1.29 is 14.7 Å². The van der Waals surface area contributed by atoms with Crippen LogP contribution in [-0.2, 0) is 9.59 Å². The Bertz CT molecular complexity index is 513. The zero-order valence-electron chi connectivity index (χ0n) is 12.1. The molecule has 5 nitrogen and oxygen atoms in total. The van der Waals surface area contributed by atoms with Crippen molar-refractivity contribution in [2.45, 2.75) is 11.8 Å². The van der Waals surface area contributed by atoms with E-state index in [0.717, 1.165) is 4.90 Å². The molecule has 2 rings (SSSR count). The van der Waals surface area contributed by atoms with E-state index in [9.17, 15) is 9.59 Å². The average Bonchev–Trinajstić information content (AvgIpc) is 2.46. The van der Waals surface area contributed by atoms with Crippen LogP contribution in [0.25, 0.3) is 0 Å². The van der Waals surface area contributed by atoms with Crippen LogP contribution in [0.3, 0.4) is 0 Å². The predicted molar refractivity (Wildman–Crippen MR) is 82.6 cm³/mol. The molecule has 1 heterocycles. The van der Waals surface area contributed by atoms with E-state index in [-0.39, 0.29) is 12.5 Å². The van der Waals surface area contributed by atoms with Gasteiger partial charge in [-0.3, -0.25) is 14.5 Å². The minimum atomic E-state index is -0.815. The van der Waals surface area contributed by atoms with Gasteiger partial charge in [0.05, 0.1) is 12.3 Å². The van der Waals surface area contributed by atoms with Gasteiger partial charge < -0.3 is 10.0 Å². The van der Waals surface area contributed by atoms with Crippen molar-refractivity contribution in [3.8, 4) is 0 Å². The smallest absolute Gasteiger partial charge is 0.317 e. The molecule has 0 atom stereocenters. The predicted octanol–water partition coefficient (Wildman–Crippen LogP) is 1.32. The summed E-state index contributed by atoms with van der Waals surface area (Å²) >= 11 is 1.56. The third-order valence-corrected chi connectivity index (χ3v) is 4.69. The lowest BCUT2D eigenvalue weighted by Gasteiger charge is -2.33. The van der Waals surface area contributed by atoms with Gasteiger partial charge in [0.15, 0.2) is 0 Å². The van der Waals surface area contributed by atoms with E-state index in [1.807, 2.05) is 41.0 Å². The average molecular weight is 308 g/mol. The maximum atomic E-state index is 12.2. The number of amides is 1. The SMILES string of the molecule is Cc1ccccc1SCC(=O)N1CCN(CC(=O)O)CC1. The van der Waals surface area contributed by atoms with Crippen LogP contribution in [-0.4, -0.2) is 65.3 Å². The van der Waals surface area contributed by atoms with E-state index in [2.05, 4.69) is 0 Å². The highest BCUT2D eigenvalue weighted by Gasteiger charge is 2.22. The Morgan fingerprint density at radius 3 is 2.48 bits per heavy atom. The van der Waals surface area contributed by atoms with E-state index in [4.69, 9.17) is 5.11 Å². The van der Waals surface area contributed by atoms with Gasteiger partial charge in [-0.15, -0.1) is 11.8 Å². The van der Waals surface area contributed by atoms with Gasteiger partial charge >= 0.3 is 5.97 Å². The summed E-state index contributed by atoms with van der Waals surface area (Å²) in [6.07, 6.45) is 0. The quantitative estimate of drug-likeness (QED) is 0.831. The fourth-order valence-electron chi connectivity index (χ4n) is 2.30. The fourth-order valence-corrected chi connectivity index (χ4v) is 3.23. The van der Waals surface area contributed by atoms with Crippen LogP contribution >= 0.6 is 11.8 Å². The maximum absolute atomic E-state index is 12.2. The first-order valence-corrected chi connectivity index (χ1v) is 7.95. The Morgan fingerprint density at radius 2 is 1.86 bits per heavy atom. The summed E-state index contributed by atoms with van der Waals surface area (Å²) in [4.78, 5) is 27.6. The highest BCUT2D eigenvalue weighted by Crippen LogP contribution is 2.22. The summed E-state index contributed by atoms with van der Waals surface area (Å²) in [6.45, 7) is 4.58. The molecule has 0 saturated carbocycles. The van der Waals surface area contributed by atoms with Crippen LogP contribution < -0.4 is 0 Å². The lowest BCUT2D eigenvalue weighted by atomic mass is 10.2. The van der Waals surface area contributed by atoms with E-state index < -0.39 is 5.97 Å². The molecule has 0 aliphatic carbocycles. The summed E-state index contributed by atoms with van der Waals surface area (Å²) in [5.41, 5.74) is 1.18. The Balaban J connectivity index is 1.77. The van der Waals surface area contributed by atoms with Gasteiger partial charge in [-0.1, -0.05) is 18.2 Å². The van der Waals surface area contributed by atoms with E-state index in [1.54, 1.807) is 11.8 Å². The molecule has 0 spiro atoms. The van der Waals surface area contributed by atoms with Crippen molar-refractivity contribution in [2.24, 2.45) is 0 Å². The number of aryl methyl sites for hydroxylation is 1. The maximum Gasteiger partial charge on any atom is 0.317 e. The molecule has 1 aliphatic heterocycles. The van der Waals surface area contributed by atoms with Gasteiger partial charge in [-0.2, -0.15) is 0 Å². The van der Waals surface area contributed by atoms with Gasteiger partial charge in [0.1, 0.15) is 0 Å². The standard InChI is InChI=1S/C15H20N2O3S/c1-12-4-2-3-5-13(12)21-11-14(18)17-8-6-16(7-9-17)10-15(19)20/h2-5H,6-11H2,1H3,(H,19,20). The fraction of sp³-hybridized carbons (Fsp3) is 0.467. The number of rotatable bonds is 5. The van der Waals surface area contributed by atoms with Crippen molar-refractivity contribution in [3.63, 3.8) is 0 Å². The van der Waals surface area contributed by atoms with Gasteiger partial charge in [0, 0.05) is 31.1 Å². The van der Waals surface area contributed by atoms with Crippen molar-refractivity contribution >= 4 is 23.6 Å². The van der Waals surface area contributed by atoms with Crippen LogP contribution in [0.1, 0.15) is 5.56 Å². The minimum Gasteiger partial charge on any atom is -0.480 e. The first-order valence-electron chi connectivity index (χ1n) is 6.96. The zero-order valence-corrected chi connectivity index (χ0v) is 12.9. The Kier molecular flexibility index (Phi) is 5.64. The summed E-state index contributed by atoms with van der Waals surface area (Å²) in [5.74, 6) is -0.257. The number of piperazine rings is 1. The molecule has 21 heavy (non-hydrogen) atoms. The Morgan fingerprint density at radius 1 is 1.19 bits per heavy atom. The van der Waals surface area contributed by atoms with E-state index in [1.165, 1.54) is 5.56 Å². The number of hydrogen-bond donors (Lipinski definition) is 1. The number of carboxylic acids is 1. The van der Waals surface area contributed by atoms with Gasteiger partial charge in [0.2, 0.25) is 5.91 Å². The highest BCUT2D eigenvalue weighted by molar-refractivity contribution is 8.00. The van der Waals surface area contributed by atoms with Crippen molar-refractivity contribution in [1.29, 1.82) is 0 Å². The van der Waals surface area contributed by atoms with Gasteiger partial charge in [-0.05, 0) is 18.6 Å². The summed E-state index contributed by atoms with van der Waals surface area (Å²) < 4.78 is 0. The molecular formula is C15H20N2O3S. The van der Waals surface area contributed by atoms with Crippen LogP contribution in [0.5, 0.6) is 0 Å². The molecule has 0 unspecified atom stereocenters. The largest absolute Gasteiger partial charge is 0.480 e. The molecule has 1 fully saturated rings. The summed E-state index contributed by atoms with van der Waals surface area (Å²) in [6, 6.07) is 8.03. The molecule has 0 bridgehead atoms. The van der Waals surface area contributed by atoms with Crippen LogP contribution in [0.4, 0.5) is 0 Å². The van der Waals surface area contributed by atoms with Crippen LogP contribution in [0.15, 0.2) is 29.2 Å². The second-order valence-electron chi connectivity index (χ2n) is 5.10. The molecule has 1 amide bonds. The number of benzene rings is 1. The third-order valence-electron chi connectivity index (χ3n) is 3.53. The van der Waals surface area contributed by atoms with E-state index >= 15 is 0 Å². The molecule has 1 aromatic rings. The number of hydrogen-bond acceptors (Lipinski definition) is 4. The molecule has 1 saturated heterocycles. The van der Waals surface area contributed by atoms with Crippen molar-refractivity contribution in [1.82, 2.24) is 9.80 Å². The molecule has 1 aliphatic rings. The van der Waals surface area contributed by atoms with Crippen molar-refractivity contribution in [2.75, 3.05) is 38.5 Å². The first-order chi connectivity index (χ1) is 10.1. The third kappa shape index (κ3) is 4.75. The number of thioether (sulfide) groups is 1. The molecule has 114 valence electrons. The molecule has 6 heteroatoms. The molecule has 0 radical (unpaired) electrons. The lowest BCUT2D eigenvalue weighted by Crippen LogP contribution is -2.50. The topological polar surface area (TPSA) is 60.9 Å². The zero-order chi connectivity index (χ0) is 15.2. The van der Waals surface area contributed by atoms with Crippen LogP contribution in [0, 0.1) is 6.92 Å². The highest BCUT2D eigenvalue weighted by atomic mass is 32.2. The van der Waals surface area contributed by atoms with Crippen LogP contribution in [0.2, 0.25) is 0 Å². The Hall–Kier alpha value is -1.53. The van der Waals surface area contributed by atoms with Gasteiger partial charge in [-0.25, -0.2) is 0 Å². The molecule has 1 aromatic carbocycles. The second-order valence-corrected chi connectivity index (χ2v) is 6.12. The molecular weight excluding hydrogens is 288 g/mol. The monoisotopic (exact) mass is 308 g/mol. The first kappa shape index (κ1) is 15.9. The lowest BCUT2D eigenvalue weighted by molar-refractivity contribution is -0.139. The van der Waals surface area contributed by atoms with Crippen molar-refractivity contribution in [3.05, 3.63) is 29.8 Å². The Labute approximate surface area is 128 Å². The number of carbonyl (C=O) groups excluding carboxylic acids is 1. The summed E-state index contributed by atoms with van der Waals surface area (Å²) in [5, 5.41) is 8.75. The van der Waals surface area contributed by atoms with Gasteiger partial charge in [0.25, 0.3) is 0 Å². The number of carboxylic acid groups (broad SMARTS) is 1. The normalized spacial score (nSPS) is 16.0. The number of aliphatic carboxylic acids is 1. The summed E-state index contributed by atoms with van der Waals surface area (Å²) in [7, 11) is 0. The minimum absolute atomic E-state index is 0.0555. The second kappa shape index (κ2) is 7.47. The van der Waals surface area contributed by atoms with E-state index in [0.29, 0.717) is 31.9 Å². The number of nitrogens with zero attached hydrogens (tertiary/aromatic N) is 2. The number of carbonyl (C=O) groups is 2. The molecule has 1 N–H and O–H groups in total. The molecule has 0 aromatic heterocycles.